The summed E-state index contributed by atoms with van der Waals surface area (Å²) in [6.07, 6.45) is 0.904. The summed E-state index contributed by atoms with van der Waals surface area (Å²) in [7, 11) is 1.68. The topological polar surface area (TPSA) is 51.9 Å². The molecule has 0 radical (unpaired) electrons. The molecule has 0 saturated carbocycles. The summed E-state index contributed by atoms with van der Waals surface area (Å²) < 4.78 is 16.8. The highest BCUT2D eigenvalue weighted by Crippen LogP contribution is 2.35. The number of ether oxygens (including phenoxy) is 2. The van der Waals surface area contributed by atoms with Gasteiger partial charge < -0.3 is 13.9 Å². The van der Waals surface area contributed by atoms with Crippen molar-refractivity contribution >= 4 is 17.4 Å². The summed E-state index contributed by atoms with van der Waals surface area (Å²) in [6, 6.07) is 25.1. The molecule has 0 bridgehead atoms. The van der Waals surface area contributed by atoms with Crippen LogP contribution in [0.15, 0.2) is 77.2 Å². The van der Waals surface area contributed by atoms with E-state index in [1.54, 1.807) is 7.11 Å². The molecule has 2 heterocycles. The second-order valence-electron chi connectivity index (χ2n) is 8.23. The molecule has 0 atom stereocenters. The second kappa shape index (κ2) is 8.89. The number of carbonyl (C=O) groups excluding carboxylic acids is 1. The largest absolute Gasteiger partial charge is 0.496 e. The number of carbonyl (C=O) groups is 1. The van der Waals surface area contributed by atoms with Gasteiger partial charge in [-0.3, -0.25) is 9.69 Å². The van der Waals surface area contributed by atoms with E-state index in [1.807, 2.05) is 12.1 Å². The van der Waals surface area contributed by atoms with E-state index < -0.39 is 0 Å². The van der Waals surface area contributed by atoms with E-state index in [0.717, 1.165) is 59.7 Å². The van der Waals surface area contributed by atoms with Crippen LogP contribution in [-0.4, -0.2) is 37.7 Å². The van der Waals surface area contributed by atoms with E-state index in [9.17, 15) is 4.79 Å². The third-order valence-electron chi connectivity index (χ3n) is 5.94. The van der Waals surface area contributed by atoms with Crippen molar-refractivity contribution in [3.05, 3.63) is 89.5 Å². The minimum Gasteiger partial charge on any atom is -0.496 e. The number of hydrogen-bond acceptors (Lipinski definition) is 5. The fourth-order valence-electron chi connectivity index (χ4n) is 4.28. The summed E-state index contributed by atoms with van der Waals surface area (Å²) in [5.74, 6) is 1.58. The normalized spacial score (nSPS) is 14.3. The van der Waals surface area contributed by atoms with Gasteiger partial charge in [0.1, 0.15) is 23.2 Å². The van der Waals surface area contributed by atoms with E-state index in [-0.39, 0.29) is 6.10 Å². The maximum atomic E-state index is 10.4. The minimum atomic E-state index is 0.0102. The number of nitrogens with zero attached hydrogens (tertiary/aromatic N) is 1. The van der Waals surface area contributed by atoms with Gasteiger partial charge in [0.25, 0.3) is 6.47 Å². The molecule has 5 nitrogen and oxygen atoms in total. The van der Waals surface area contributed by atoms with Crippen molar-refractivity contribution in [1.82, 2.24) is 4.90 Å². The average Bonchev–Trinajstić information content (AvgIpc) is 3.21. The zero-order valence-corrected chi connectivity index (χ0v) is 18.0. The lowest BCUT2D eigenvalue weighted by Gasteiger charge is -2.37. The third kappa shape index (κ3) is 4.25. The van der Waals surface area contributed by atoms with E-state index in [0.29, 0.717) is 6.47 Å². The number of benzene rings is 3. The Morgan fingerprint density at radius 1 is 0.969 bits per heavy atom. The number of furan rings is 1. The highest BCUT2D eigenvalue weighted by molar-refractivity contribution is 5.84. The maximum absolute atomic E-state index is 10.4. The molecule has 162 valence electrons. The lowest BCUT2D eigenvalue weighted by atomic mass is 10.0. The van der Waals surface area contributed by atoms with Crippen molar-refractivity contribution in [2.45, 2.75) is 19.1 Å². The van der Waals surface area contributed by atoms with Crippen LogP contribution >= 0.6 is 0 Å². The Bertz CT molecular complexity index is 1230. The van der Waals surface area contributed by atoms with Gasteiger partial charge in [-0.15, -0.1) is 0 Å². The van der Waals surface area contributed by atoms with Crippen molar-refractivity contribution < 1.29 is 18.7 Å². The van der Waals surface area contributed by atoms with E-state index in [1.165, 1.54) is 11.1 Å². The first-order chi connectivity index (χ1) is 15.7. The summed E-state index contributed by atoms with van der Waals surface area (Å²) >= 11 is 0. The third-order valence-corrected chi connectivity index (χ3v) is 5.94. The van der Waals surface area contributed by atoms with Crippen LogP contribution < -0.4 is 4.74 Å². The van der Waals surface area contributed by atoms with Gasteiger partial charge in [0.15, 0.2) is 0 Å². The molecule has 3 aromatic carbocycles. The van der Waals surface area contributed by atoms with Crippen molar-refractivity contribution in [1.29, 1.82) is 0 Å². The van der Waals surface area contributed by atoms with Crippen molar-refractivity contribution in [3.63, 3.8) is 0 Å². The van der Waals surface area contributed by atoms with Crippen molar-refractivity contribution in [3.8, 4) is 17.1 Å². The van der Waals surface area contributed by atoms with Gasteiger partial charge in [0.2, 0.25) is 0 Å². The molecular weight excluding hydrogens is 402 g/mol. The number of rotatable bonds is 8. The fraction of sp³-hybridized carbons (Fsp3) is 0.222. The molecule has 5 rings (SSSR count). The Kier molecular flexibility index (Phi) is 5.65. The monoisotopic (exact) mass is 427 g/mol. The van der Waals surface area contributed by atoms with E-state index in [4.69, 9.17) is 13.9 Å². The standard InChI is InChI=1S/C27H25NO4/c1-30-26-13-21(15-28-16-23(17-28)31-18-29)7-9-24(26)27-14-22-12-20(8-10-25(22)32-27)11-19-5-3-2-4-6-19/h2-10,12-14,18,23H,11,15-17H2,1H3. The summed E-state index contributed by atoms with van der Waals surface area (Å²) in [6.45, 7) is 2.84. The van der Waals surface area contributed by atoms with Gasteiger partial charge in [0.05, 0.1) is 12.7 Å². The molecule has 0 spiro atoms. The smallest absolute Gasteiger partial charge is 0.293 e. The van der Waals surface area contributed by atoms with E-state index in [2.05, 4.69) is 65.6 Å². The molecular formula is C27H25NO4. The molecule has 1 saturated heterocycles. The molecule has 1 aliphatic heterocycles. The first-order valence-corrected chi connectivity index (χ1v) is 10.8. The lowest BCUT2D eigenvalue weighted by molar-refractivity contribution is -0.142. The fourth-order valence-corrected chi connectivity index (χ4v) is 4.28. The Morgan fingerprint density at radius 2 is 1.78 bits per heavy atom. The number of methoxy groups -OCH3 is 1. The average molecular weight is 428 g/mol. The van der Waals surface area contributed by atoms with Gasteiger partial charge in [-0.2, -0.15) is 0 Å². The molecule has 1 aromatic heterocycles. The SMILES string of the molecule is COc1cc(CN2CC(OC=O)C2)ccc1-c1cc2cc(Cc3ccccc3)ccc2o1. The Labute approximate surface area is 187 Å². The highest BCUT2D eigenvalue weighted by atomic mass is 16.5. The summed E-state index contributed by atoms with van der Waals surface area (Å²) in [4.78, 5) is 12.7. The van der Waals surface area contributed by atoms with Crippen LogP contribution in [-0.2, 0) is 22.5 Å². The molecule has 1 aliphatic rings. The summed E-state index contributed by atoms with van der Waals surface area (Å²) in [5.41, 5.74) is 5.49. The highest BCUT2D eigenvalue weighted by Gasteiger charge is 2.28. The molecule has 0 N–H and O–H groups in total. The van der Waals surface area contributed by atoms with Crippen molar-refractivity contribution in [2.75, 3.05) is 20.2 Å². The van der Waals surface area contributed by atoms with Gasteiger partial charge in [-0.25, -0.2) is 0 Å². The Hall–Kier alpha value is -3.57. The van der Waals surface area contributed by atoms with Gasteiger partial charge in [0, 0.05) is 25.0 Å². The van der Waals surface area contributed by atoms with Crippen LogP contribution in [0.1, 0.15) is 16.7 Å². The van der Waals surface area contributed by atoms with E-state index >= 15 is 0 Å². The number of hydrogen-bond donors (Lipinski definition) is 0. The number of likely N-dealkylation sites (tertiary alicyclic amines) is 1. The van der Waals surface area contributed by atoms with Gasteiger partial charge in [-0.1, -0.05) is 42.5 Å². The molecule has 1 fully saturated rings. The van der Waals surface area contributed by atoms with Crippen LogP contribution in [0, 0.1) is 0 Å². The van der Waals surface area contributed by atoms with Crippen LogP contribution in [0.25, 0.3) is 22.3 Å². The zero-order chi connectivity index (χ0) is 21.9. The molecule has 0 amide bonds. The number of fused-ring (bicyclic) bond motifs is 1. The lowest BCUT2D eigenvalue weighted by Crippen LogP contribution is -2.51. The van der Waals surface area contributed by atoms with Gasteiger partial charge in [-0.05, 0) is 53.4 Å². The zero-order valence-electron chi connectivity index (χ0n) is 18.0. The first kappa shape index (κ1) is 20.3. The minimum absolute atomic E-state index is 0.0102. The van der Waals surface area contributed by atoms with Crippen LogP contribution in [0.2, 0.25) is 0 Å². The molecule has 5 heteroatoms. The Morgan fingerprint density at radius 3 is 2.56 bits per heavy atom. The first-order valence-electron chi connectivity index (χ1n) is 10.8. The van der Waals surface area contributed by atoms with Gasteiger partial charge >= 0.3 is 0 Å². The molecule has 32 heavy (non-hydrogen) atoms. The molecule has 0 aliphatic carbocycles. The van der Waals surface area contributed by atoms with Crippen LogP contribution in [0.3, 0.4) is 0 Å². The predicted octanol–water partition coefficient (Wildman–Crippen LogP) is 5.06. The van der Waals surface area contributed by atoms with Crippen molar-refractivity contribution in [2.24, 2.45) is 0 Å². The maximum Gasteiger partial charge on any atom is 0.293 e. The van der Waals surface area contributed by atoms with Crippen LogP contribution in [0.5, 0.6) is 5.75 Å². The predicted molar refractivity (Wildman–Crippen MR) is 124 cm³/mol. The second-order valence-corrected chi connectivity index (χ2v) is 8.23. The molecule has 4 aromatic rings. The molecule has 0 unspecified atom stereocenters. The Balaban J connectivity index is 1.35. The summed E-state index contributed by atoms with van der Waals surface area (Å²) in [5, 5.41) is 1.08. The quantitative estimate of drug-likeness (QED) is 0.368. The van der Waals surface area contributed by atoms with Crippen LogP contribution in [0.4, 0.5) is 0 Å².